The Labute approximate surface area is 144 Å². The lowest BCUT2D eigenvalue weighted by Gasteiger charge is -2.47. The van der Waals surface area contributed by atoms with Crippen molar-refractivity contribution in [2.24, 2.45) is 0 Å². The van der Waals surface area contributed by atoms with Crippen molar-refractivity contribution in [2.45, 2.75) is 23.7 Å². The Balaban J connectivity index is 1.49. The zero-order valence-corrected chi connectivity index (χ0v) is 14.9. The van der Waals surface area contributed by atoms with Gasteiger partial charge < -0.3 is 9.64 Å². The van der Waals surface area contributed by atoms with Gasteiger partial charge in [-0.15, -0.1) is 11.8 Å². The van der Waals surface area contributed by atoms with E-state index in [4.69, 9.17) is 4.74 Å². The summed E-state index contributed by atoms with van der Waals surface area (Å²) in [5.41, 5.74) is 0. The molecule has 1 amide bonds. The Morgan fingerprint density at radius 2 is 2.29 bits per heavy atom. The second-order valence-electron chi connectivity index (χ2n) is 6.36. The first-order valence-electron chi connectivity index (χ1n) is 7.63. The van der Waals surface area contributed by atoms with E-state index in [-0.39, 0.29) is 34.8 Å². The molecule has 0 aliphatic carbocycles. The molecule has 132 valence electrons. The first-order chi connectivity index (χ1) is 11.3. The number of rotatable bonds is 5. The molecule has 24 heavy (non-hydrogen) atoms. The molecule has 3 rings (SSSR count). The highest BCUT2D eigenvalue weighted by Gasteiger charge is 2.51. The SMILES string of the molecule is CS(=O)(=O)CCC(=O)N1CC2(C[C@H](Oc3ncccc3F)CS2)C1. The summed E-state index contributed by atoms with van der Waals surface area (Å²) in [4.78, 5) is 17.6. The summed E-state index contributed by atoms with van der Waals surface area (Å²) in [6, 6.07) is 2.82. The highest BCUT2D eigenvalue weighted by atomic mass is 32.2. The molecule has 0 saturated carbocycles. The monoisotopic (exact) mass is 374 g/mol. The van der Waals surface area contributed by atoms with E-state index >= 15 is 0 Å². The Hall–Kier alpha value is -1.35. The number of amides is 1. The van der Waals surface area contributed by atoms with Crippen LogP contribution in [0.5, 0.6) is 5.88 Å². The lowest BCUT2D eigenvalue weighted by molar-refractivity contribution is -0.136. The average molecular weight is 374 g/mol. The predicted molar refractivity (Wildman–Crippen MR) is 89.3 cm³/mol. The van der Waals surface area contributed by atoms with Gasteiger partial charge in [-0.2, -0.15) is 0 Å². The van der Waals surface area contributed by atoms with Crippen molar-refractivity contribution >= 4 is 27.5 Å². The molecule has 1 aromatic heterocycles. The average Bonchev–Trinajstić information content (AvgIpc) is 2.89. The van der Waals surface area contributed by atoms with Crippen molar-refractivity contribution < 1.29 is 22.3 Å². The van der Waals surface area contributed by atoms with E-state index in [2.05, 4.69) is 4.98 Å². The van der Waals surface area contributed by atoms with Crippen LogP contribution >= 0.6 is 11.8 Å². The first-order valence-corrected chi connectivity index (χ1v) is 10.7. The van der Waals surface area contributed by atoms with Gasteiger partial charge in [-0.25, -0.2) is 17.8 Å². The number of hydrogen-bond acceptors (Lipinski definition) is 6. The lowest BCUT2D eigenvalue weighted by atomic mass is 9.92. The van der Waals surface area contributed by atoms with Crippen LogP contribution in [0.4, 0.5) is 4.39 Å². The fourth-order valence-electron chi connectivity index (χ4n) is 2.97. The van der Waals surface area contributed by atoms with Crippen LogP contribution in [-0.4, -0.2) is 65.9 Å². The summed E-state index contributed by atoms with van der Waals surface area (Å²) in [6.07, 6.45) is 3.24. The molecule has 0 radical (unpaired) electrons. The van der Waals surface area contributed by atoms with Crippen LogP contribution < -0.4 is 4.74 Å². The number of ether oxygens (including phenoxy) is 1. The van der Waals surface area contributed by atoms with Crippen molar-refractivity contribution in [3.63, 3.8) is 0 Å². The fourth-order valence-corrected chi connectivity index (χ4v) is 5.04. The number of thioether (sulfide) groups is 1. The van der Waals surface area contributed by atoms with Gasteiger partial charge in [-0.05, 0) is 12.1 Å². The zero-order valence-electron chi connectivity index (χ0n) is 13.3. The van der Waals surface area contributed by atoms with Gasteiger partial charge in [-0.1, -0.05) is 0 Å². The van der Waals surface area contributed by atoms with Gasteiger partial charge in [0, 0.05) is 44.1 Å². The molecule has 2 saturated heterocycles. The molecule has 1 atom stereocenters. The number of likely N-dealkylation sites (tertiary alicyclic amines) is 1. The largest absolute Gasteiger partial charge is 0.471 e. The predicted octanol–water partition coefficient (Wildman–Crippen LogP) is 1.12. The summed E-state index contributed by atoms with van der Waals surface area (Å²) in [5, 5.41) is 0. The number of carbonyl (C=O) groups excluding carboxylic acids is 1. The van der Waals surface area contributed by atoms with Crippen LogP contribution in [0, 0.1) is 5.82 Å². The van der Waals surface area contributed by atoms with E-state index in [9.17, 15) is 17.6 Å². The first kappa shape index (κ1) is 17.5. The number of sulfone groups is 1. The Kier molecular flexibility index (Phi) is 4.74. The standard InChI is InChI=1S/C15H19FN2O4S2/c1-24(20,21)6-4-13(19)18-9-15(10-18)7-11(8-23-15)22-14-12(16)3-2-5-17-14/h2-3,5,11H,4,6-10H2,1H3/t11-/m0/s1. The summed E-state index contributed by atoms with van der Waals surface area (Å²) in [6.45, 7) is 1.18. The van der Waals surface area contributed by atoms with Crippen molar-refractivity contribution in [3.8, 4) is 5.88 Å². The number of aromatic nitrogens is 1. The fraction of sp³-hybridized carbons (Fsp3) is 0.600. The summed E-state index contributed by atoms with van der Waals surface area (Å²) >= 11 is 1.72. The van der Waals surface area contributed by atoms with Gasteiger partial charge in [0.1, 0.15) is 15.9 Å². The maximum Gasteiger partial charge on any atom is 0.250 e. The molecule has 9 heteroatoms. The normalized spacial score (nSPS) is 22.4. The van der Waals surface area contributed by atoms with Crippen LogP contribution in [0.25, 0.3) is 0 Å². The molecule has 2 aliphatic rings. The van der Waals surface area contributed by atoms with Gasteiger partial charge >= 0.3 is 0 Å². The second-order valence-corrected chi connectivity index (χ2v) is 10.1. The maximum atomic E-state index is 13.6. The lowest BCUT2D eigenvalue weighted by Crippen LogP contribution is -2.61. The van der Waals surface area contributed by atoms with E-state index < -0.39 is 15.7 Å². The van der Waals surface area contributed by atoms with Crippen molar-refractivity contribution in [2.75, 3.05) is 30.9 Å². The van der Waals surface area contributed by atoms with E-state index in [0.29, 0.717) is 13.1 Å². The van der Waals surface area contributed by atoms with Gasteiger partial charge in [0.05, 0.1) is 10.5 Å². The molecule has 2 aliphatic heterocycles. The number of hydrogen-bond donors (Lipinski definition) is 0. The van der Waals surface area contributed by atoms with Crippen molar-refractivity contribution in [1.29, 1.82) is 0 Å². The summed E-state index contributed by atoms with van der Waals surface area (Å²) in [7, 11) is -3.13. The highest BCUT2D eigenvalue weighted by molar-refractivity contribution is 8.01. The Bertz CT molecular complexity index is 735. The molecule has 0 aromatic carbocycles. The van der Waals surface area contributed by atoms with E-state index in [1.807, 2.05) is 0 Å². The topological polar surface area (TPSA) is 76.6 Å². The molecule has 1 spiro atoms. The van der Waals surface area contributed by atoms with Crippen molar-refractivity contribution in [3.05, 3.63) is 24.1 Å². The van der Waals surface area contributed by atoms with Crippen molar-refractivity contribution in [1.82, 2.24) is 9.88 Å². The van der Waals surface area contributed by atoms with Crippen LogP contribution in [0.1, 0.15) is 12.8 Å². The van der Waals surface area contributed by atoms with E-state index in [1.54, 1.807) is 16.7 Å². The Morgan fingerprint density at radius 3 is 2.96 bits per heavy atom. The maximum absolute atomic E-state index is 13.6. The molecule has 6 nitrogen and oxygen atoms in total. The van der Waals surface area contributed by atoms with Gasteiger partial charge in [0.25, 0.3) is 5.88 Å². The van der Waals surface area contributed by atoms with Crippen LogP contribution in [0.15, 0.2) is 18.3 Å². The molecule has 0 unspecified atom stereocenters. The molecule has 1 aromatic rings. The minimum Gasteiger partial charge on any atom is -0.471 e. The smallest absolute Gasteiger partial charge is 0.250 e. The van der Waals surface area contributed by atoms with Crippen LogP contribution in [-0.2, 0) is 14.6 Å². The van der Waals surface area contributed by atoms with Gasteiger partial charge in [0.2, 0.25) is 5.91 Å². The quantitative estimate of drug-likeness (QED) is 0.769. The van der Waals surface area contributed by atoms with Crippen LogP contribution in [0.3, 0.4) is 0 Å². The van der Waals surface area contributed by atoms with E-state index in [0.717, 1.165) is 18.4 Å². The molecular weight excluding hydrogens is 355 g/mol. The minimum absolute atomic E-state index is 0.0144. The molecule has 2 fully saturated rings. The highest BCUT2D eigenvalue weighted by Crippen LogP contribution is 2.46. The second kappa shape index (κ2) is 6.51. The molecule has 0 bridgehead atoms. The number of pyridine rings is 1. The van der Waals surface area contributed by atoms with Gasteiger partial charge in [0.15, 0.2) is 5.82 Å². The number of halogens is 1. The van der Waals surface area contributed by atoms with Gasteiger partial charge in [-0.3, -0.25) is 4.79 Å². The summed E-state index contributed by atoms with van der Waals surface area (Å²) in [5.74, 6) is 0.0103. The number of nitrogens with zero attached hydrogens (tertiary/aromatic N) is 2. The third kappa shape index (κ3) is 4.00. The molecular formula is C15H19FN2O4S2. The Morgan fingerprint density at radius 1 is 1.54 bits per heavy atom. The van der Waals surface area contributed by atoms with Crippen LogP contribution in [0.2, 0.25) is 0 Å². The summed E-state index contributed by atoms with van der Waals surface area (Å²) < 4.78 is 41.4. The number of carbonyl (C=O) groups is 1. The third-order valence-corrected chi connectivity index (χ3v) is 6.70. The molecule has 3 heterocycles. The minimum atomic E-state index is -3.13. The van der Waals surface area contributed by atoms with E-state index in [1.165, 1.54) is 18.3 Å². The zero-order chi connectivity index (χ0) is 17.4. The molecule has 0 N–H and O–H groups in total. The third-order valence-electron chi connectivity index (χ3n) is 4.18.